The van der Waals surface area contributed by atoms with E-state index in [1.54, 1.807) is 48.4 Å². The Balaban J connectivity index is 1.48. The number of hydrogen-bond donors (Lipinski definition) is 1. The molecule has 0 saturated carbocycles. The highest BCUT2D eigenvalue weighted by molar-refractivity contribution is 6.00. The Labute approximate surface area is 250 Å². The van der Waals surface area contributed by atoms with Gasteiger partial charge in [-0.15, -0.1) is 0 Å². The van der Waals surface area contributed by atoms with E-state index in [4.69, 9.17) is 23.7 Å². The fraction of sp³-hybridized carbons (Fsp3) is 0.235. The number of methoxy groups -OCH3 is 4. The molecule has 9 heteroatoms. The van der Waals surface area contributed by atoms with Crippen molar-refractivity contribution in [2.24, 2.45) is 5.92 Å². The SMILES string of the molecule is COc1ccc([C@H]2[C@H](C(=O)Nc3ccc(Oc4ccccc4)cc3)CCC(=O)N2c2cc(OC)c(OC)c(OC)c2)cc1. The minimum absolute atomic E-state index is 0.124. The van der Waals surface area contributed by atoms with Crippen molar-refractivity contribution in [3.63, 3.8) is 0 Å². The van der Waals surface area contributed by atoms with Gasteiger partial charge in [0.1, 0.15) is 17.2 Å². The quantitative estimate of drug-likeness (QED) is 0.224. The maximum absolute atomic E-state index is 13.9. The number of carbonyl (C=O) groups excluding carboxylic acids is 2. The molecule has 0 aliphatic carbocycles. The summed E-state index contributed by atoms with van der Waals surface area (Å²) in [6.07, 6.45) is 0.558. The molecule has 43 heavy (non-hydrogen) atoms. The molecule has 1 aliphatic heterocycles. The summed E-state index contributed by atoms with van der Waals surface area (Å²) in [6.45, 7) is 0. The van der Waals surface area contributed by atoms with Gasteiger partial charge in [0.15, 0.2) is 11.5 Å². The Kier molecular flexibility index (Phi) is 9.00. The van der Waals surface area contributed by atoms with Crippen LogP contribution in [0.25, 0.3) is 0 Å². The number of ether oxygens (including phenoxy) is 5. The summed E-state index contributed by atoms with van der Waals surface area (Å²) in [5.41, 5.74) is 1.93. The molecule has 222 valence electrons. The fourth-order valence-electron chi connectivity index (χ4n) is 5.33. The lowest BCUT2D eigenvalue weighted by atomic mass is 9.83. The molecule has 0 spiro atoms. The monoisotopic (exact) mass is 582 g/mol. The van der Waals surface area contributed by atoms with E-state index in [-0.39, 0.29) is 18.2 Å². The van der Waals surface area contributed by atoms with E-state index >= 15 is 0 Å². The Morgan fingerprint density at radius 1 is 0.744 bits per heavy atom. The average molecular weight is 583 g/mol. The second-order valence-electron chi connectivity index (χ2n) is 9.94. The highest BCUT2D eigenvalue weighted by Crippen LogP contribution is 2.46. The highest BCUT2D eigenvalue weighted by atomic mass is 16.5. The number of hydrogen-bond acceptors (Lipinski definition) is 7. The third-order valence-electron chi connectivity index (χ3n) is 7.42. The van der Waals surface area contributed by atoms with Crippen molar-refractivity contribution in [3.8, 4) is 34.5 Å². The van der Waals surface area contributed by atoms with Gasteiger partial charge in [0.05, 0.1) is 46.1 Å². The van der Waals surface area contributed by atoms with Crippen LogP contribution in [0, 0.1) is 5.92 Å². The lowest BCUT2D eigenvalue weighted by Gasteiger charge is -2.41. The molecule has 1 heterocycles. The van der Waals surface area contributed by atoms with Gasteiger partial charge in [0.2, 0.25) is 17.6 Å². The minimum Gasteiger partial charge on any atom is -0.497 e. The van der Waals surface area contributed by atoms with Crippen molar-refractivity contribution < 1.29 is 33.3 Å². The number of para-hydroxylation sites is 1. The van der Waals surface area contributed by atoms with Gasteiger partial charge in [0.25, 0.3) is 0 Å². The number of carbonyl (C=O) groups is 2. The van der Waals surface area contributed by atoms with Gasteiger partial charge in [-0.25, -0.2) is 0 Å². The van der Waals surface area contributed by atoms with Crippen LogP contribution >= 0.6 is 0 Å². The van der Waals surface area contributed by atoms with Crippen LogP contribution < -0.4 is 33.9 Å². The molecule has 4 aromatic rings. The molecule has 1 N–H and O–H groups in total. The molecule has 2 atom stereocenters. The first-order valence-electron chi connectivity index (χ1n) is 13.9. The summed E-state index contributed by atoms with van der Waals surface area (Å²) in [4.78, 5) is 29.2. The normalized spacial score (nSPS) is 16.3. The predicted octanol–water partition coefficient (Wildman–Crippen LogP) is 6.64. The average Bonchev–Trinajstić information content (AvgIpc) is 3.05. The maximum Gasteiger partial charge on any atom is 0.229 e. The Bertz CT molecular complexity index is 1530. The molecule has 9 nitrogen and oxygen atoms in total. The van der Waals surface area contributed by atoms with Gasteiger partial charge in [-0.2, -0.15) is 0 Å². The van der Waals surface area contributed by atoms with Crippen LogP contribution in [0.15, 0.2) is 91.0 Å². The molecule has 1 saturated heterocycles. The zero-order valence-corrected chi connectivity index (χ0v) is 24.5. The molecule has 2 amide bonds. The first-order chi connectivity index (χ1) is 20.9. The summed E-state index contributed by atoms with van der Waals surface area (Å²) in [7, 11) is 6.15. The van der Waals surface area contributed by atoms with Crippen LogP contribution in [0.4, 0.5) is 11.4 Å². The molecule has 0 bridgehead atoms. The first kappa shape index (κ1) is 29.3. The van der Waals surface area contributed by atoms with E-state index < -0.39 is 12.0 Å². The molecule has 0 unspecified atom stereocenters. The van der Waals surface area contributed by atoms with Crippen molar-refractivity contribution in [2.45, 2.75) is 18.9 Å². The van der Waals surface area contributed by atoms with Gasteiger partial charge in [-0.3, -0.25) is 9.59 Å². The van der Waals surface area contributed by atoms with Gasteiger partial charge in [-0.1, -0.05) is 30.3 Å². The van der Waals surface area contributed by atoms with Gasteiger partial charge in [-0.05, 0) is 60.5 Å². The molecular formula is C34H34N2O7. The summed E-state index contributed by atoms with van der Waals surface area (Å²) in [5.74, 6) is 2.37. The molecule has 1 fully saturated rings. The summed E-state index contributed by atoms with van der Waals surface area (Å²) in [6, 6.07) is 26.9. The maximum atomic E-state index is 13.9. The van der Waals surface area contributed by atoms with Crippen molar-refractivity contribution >= 4 is 23.2 Å². The van der Waals surface area contributed by atoms with Crippen LogP contribution in [-0.2, 0) is 9.59 Å². The van der Waals surface area contributed by atoms with E-state index in [0.29, 0.717) is 46.5 Å². The summed E-state index contributed by atoms with van der Waals surface area (Å²) >= 11 is 0. The van der Waals surface area contributed by atoms with E-state index in [0.717, 1.165) is 11.3 Å². The number of benzene rings is 4. The molecule has 1 aliphatic rings. The molecule has 4 aromatic carbocycles. The number of anilines is 2. The Morgan fingerprint density at radius 3 is 1.93 bits per heavy atom. The number of piperidine rings is 1. The second-order valence-corrected chi connectivity index (χ2v) is 9.94. The lowest BCUT2D eigenvalue weighted by Crippen LogP contribution is -2.47. The van der Waals surface area contributed by atoms with E-state index in [1.807, 2.05) is 54.6 Å². The van der Waals surface area contributed by atoms with Gasteiger partial charge < -0.3 is 33.9 Å². The Morgan fingerprint density at radius 2 is 1.35 bits per heavy atom. The van der Waals surface area contributed by atoms with E-state index in [2.05, 4.69) is 5.32 Å². The third-order valence-corrected chi connectivity index (χ3v) is 7.42. The summed E-state index contributed by atoms with van der Waals surface area (Å²) in [5, 5.41) is 3.05. The number of amides is 2. The zero-order chi connectivity index (χ0) is 30.3. The molecule has 0 radical (unpaired) electrons. The largest absolute Gasteiger partial charge is 0.497 e. The Hall–Kier alpha value is -5.18. The van der Waals surface area contributed by atoms with E-state index in [9.17, 15) is 9.59 Å². The molecular weight excluding hydrogens is 548 g/mol. The number of nitrogens with one attached hydrogen (secondary N) is 1. The predicted molar refractivity (Wildman–Crippen MR) is 164 cm³/mol. The van der Waals surface area contributed by atoms with Crippen molar-refractivity contribution in [2.75, 3.05) is 38.7 Å². The van der Waals surface area contributed by atoms with Crippen molar-refractivity contribution in [1.29, 1.82) is 0 Å². The highest BCUT2D eigenvalue weighted by Gasteiger charge is 2.42. The number of nitrogens with zero attached hydrogens (tertiary/aromatic N) is 1. The standard InChI is InChI=1S/C34H34N2O7/c1-39-25-14-10-22(11-15-25)32-28(34(38)35-23-12-16-27(17-13-23)43-26-8-6-5-7-9-26)18-19-31(37)36(32)24-20-29(40-2)33(42-4)30(21-24)41-3/h5-17,20-21,28,32H,18-19H2,1-4H3,(H,35,38)/t28-,32+/m1/s1. The van der Waals surface area contributed by atoms with E-state index in [1.165, 1.54) is 21.3 Å². The van der Waals surface area contributed by atoms with Crippen molar-refractivity contribution in [1.82, 2.24) is 0 Å². The zero-order valence-electron chi connectivity index (χ0n) is 24.5. The molecule has 0 aromatic heterocycles. The van der Waals surface area contributed by atoms with Crippen LogP contribution in [-0.4, -0.2) is 40.3 Å². The van der Waals surface area contributed by atoms with Crippen LogP contribution in [0.2, 0.25) is 0 Å². The first-order valence-corrected chi connectivity index (χ1v) is 13.9. The number of rotatable bonds is 10. The smallest absolute Gasteiger partial charge is 0.229 e. The van der Waals surface area contributed by atoms with Crippen LogP contribution in [0.5, 0.6) is 34.5 Å². The molecule has 5 rings (SSSR count). The lowest BCUT2D eigenvalue weighted by molar-refractivity contribution is -0.125. The summed E-state index contributed by atoms with van der Waals surface area (Å²) < 4.78 is 27.9. The van der Waals surface area contributed by atoms with Gasteiger partial charge >= 0.3 is 0 Å². The van der Waals surface area contributed by atoms with Crippen LogP contribution in [0.1, 0.15) is 24.4 Å². The van der Waals surface area contributed by atoms with Crippen molar-refractivity contribution in [3.05, 3.63) is 96.6 Å². The van der Waals surface area contributed by atoms with Crippen LogP contribution in [0.3, 0.4) is 0 Å². The fourth-order valence-corrected chi connectivity index (χ4v) is 5.33. The third kappa shape index (κ3) is 6.35. The second kappa shape index (κ2) is 13.2. The topological polar surface area (TPSA) is 95.6 Å². The minimum atomic E-state index is -0.615. The van der Waals surface area contributed by atoms with Gasteiger partial charge in [0, 0.05) is 24.2 Å².